The average molecular weight is 336 g/mol. The summed E-state index contributed by atoms with van der Waals surface area (Å²) in [5.74, 6) is 0.933. The first kappa shape index (κ1) is 20.5. The molecule has 5 nitrogen and oxygen atoms in total. The predicted molar refractivity (Wildman–Crippen MR) is 97.2 cm³/mol. The summed E-state index contributed by atoms with van der Waals surface area (Å²) in [7, 11) is 3.25. The van der Waals surface area contributed by atoms with Gasteiger partial charge in [0.2, 0.25) is 5.91 Å². The van der Waals surface area contributed by atoms with Crippen molar-refractivity contribution in [1.82, 2.24) is 4.90 Å². The molecule has 0 aromatic heterocycles. The van der Waals surface area contributed by atoms with Crippen molar-refractivity contribution in [3.63, 3.8) is 0 Å². The number of ether oxygens (including phenoxy) is 2. The second kappa shape index (κ2) is 9.64. The van der Waals surface area contributed by atoms with E-state index in [9.17, 15) is 4.79 Å². The van der Waals surface area contributed by atoms with Gasteiger partial charge in [-0.05, 0) is 29.5 Å². The van der Waals surface area contributed by atoms with E-state index in [0.717, 1.165) is 12.2 Å². The van der Waals surface area contributed by atoms with Crippen molar-refractivity contribution in [2.75, 3.05) is 33.9 Å². The largest absolute Gasteiger partial charge is 0.497 e. The van der Waals surface area contributed by atoms with Gasteiger partial charge in [-0.25, -0.2) is 0 Å². The van der Waals surface area contributed by atoms with E-state index in [0.29, 0.717) is 26.1 Å². The molecule has 0 aliphatic carbocycles. The van der Waals surface area contributed by atoms with Crippen LogP contribution in [-0.2, 0) is 16.0 Å². The Morgan fingerprint density at radius 1 is 1.21 bits per heavy atom. The molecule has 24 heavy (non-hydrogen) atoms. The Morgan fingerprint density at radius 3 is 2.29 bits per heavy atom. The summed E-state index contributed by atoms with van der Waals surface area (Å²) in [5, 5.41) is 0. The highest BCUT2D eigenvalue weighted by Gasteiger charge is 2.23. The lowest BCUT2D eigenvalue weighted by Gasteiger charge is -2.31. The van der Waals surface area contributed by atoms with Crippen molar-refractivity contribution in [3.05, 3.63) is 29.8 Å². The van der Waals surface area contributed by atoms with Gasteiger partial charge in [-0.1, -0.05) is 32.9 Å². The van der Waals surface area contributed by atoms with Crippen molar-refractivity contribution < 1.29 is 14.3 Å². The number of hydrogen-bond acceptors (Lipinski definition) is 4. The summed E-state index contributed by atoms with van der Waals surface area (Å²) >= 11 is 0. The van der Waals surface area contributed by atoms with Gasteiger partial charge >= 0.3 is 0 Å². The quantitative estimate of drug-likeness (QED) is 0.752. The highest BCUT2D eigenvalue weighted by atomic mass is 16.5. The molecule has 1 amide bonds. The Morgan fingerprint density at radius 2 is 1.83 bits per heavy atom. The molecule has 0 saturated carbocycles. The summed E-state index contributed by atoms with van der Waals surface area (Å²) in [6.45, 7) is 8.16. The molecular weight excluding hydrogens is 304 g/mol. The zero-order valence-corrected chi connectivity index (χ0v) is 15.7. The fourth-order valence-corrected chi connectivity index (χ4v) is 2.51. The number of methoxy groups -OCH3 is 2. The predicted octanol–water partition coefficient (Wildman–Crippen LogP) is 2.48. The zero-order valence-electron chi connectivity index (χ0n) is 15.7. The number of carbonyl (C=O) groups is 1. The number of amides is 1. The minimum absolute atomic E-state index is 0.0425. The number of benzene rings is 1. The van der Waals surface area contributed by atoms with E-state index in [1.807, 2.05) is 29.2 Å². The average Bonchev–Trinajstić information content (AvgIpc) is 2.55. The first-order valence-electron chi connectivity index (χ1n) is 8.42. The highest BCUT2D eigenvalue weighted by Crippen LogP contribution is 2.18. The van der Waals surface area contributed by atoms with E-state index in [1.165, 1.54) is 5.56 Å². The van der Waals surface area contributed by atoms with Gasteiger partial charge < -0.3 is 20.1 Å². The molecule has 1 atom stereocenters. The lowest BCUT2D eigenvalue weighted by atomic mass is 9.95. The summed E-state index contributed by atoms with van der Waals surface area (Å²) in [4.78, 5) is 14.6. The molecule has 5 heteroatoms. The second-order valence-corrected chi connectivity index (χ2v) is 7.27. The van der Waals surface area contributed by atoms with Gasteiger partial charge in [-0.3, -0.25) is 4.79 Å². The molecule has 1 aromatic carbocycles. The lowest BCUT2D eigenvalue weighted by molar-refractivity contribution is -0.134. The van der Waals surface area contributed by atoms with Crippen LogP contribution in [0.2, 0.25) is 0 Å². The Balaban J connectivity index is 2.72. The highest BCUT2D eigenvalue weighted by molar-refractivity contribution is 5.76. The summed E-state index contributed by atoms with van der Waals surface area (Å²) in [5.41, 5.74) is 6.87. The van der Waals surface area contributed by atoms with Crippen LogP contribution < -0.4 is 10.5 Å². The number of nitrogens with two attached hydrogens (primary N) is 1. The number of hydrogen-bond donors (Lipinski definition) is 1. The van der Waals surface area contributed by atoms with Crippen LogP contribution in [0.3, 0.4) is 0 Å². The van der Waals surface area contributed by atoms with Crippen LogP contribution >= 0.6 is 0 Å². The maximum atomic E-state index is 12.6. The van der Waals surface area contributed by atoms with Crippen molar-refractivity contribution in [2.45, 2.75) is 39.7 Å². The van der Waals surface area contributed by atoms with Gasteiger partial charge in [0.15, 0.2) is 0 Å². The van der Waals surface area contributed by atoms with E-state index < -0.39 is 0 Å². The van der Waals surface area contributed by atoms with Crippen LogP contribution in [0, 0.1) is 5.41 Å². The molecule has 0 aliphatic heterocycles. The van der Waals surface area contributed by atoms with Gasteiger partial charge in [-0.15, -0.1) is 0 Å². The molecule has 0 saturated heterocycles. The summed E-state index contributed by atoms with van der Waals surface area (Å²) in [6, 6.07) is 7.97. The van der Waals surface area contributed by atoms with Crippen LogP contribution in [0.4, 0.5) is 0 Å². The van der Waals surface area contributed by atoms with E-state index in [1.54, 1.807) is 14.2 Å². The van der Waals surface area contributed by atoms with Crippen LogP contribution in [0.5, 0.6) is 5.75 Å². The molecule has 0 radical (unpaired) electrons. The maximum absolute atomic E-state index is 12.6. The van der Waals surface area contributed by atoms with Gasteiger partial charge in [0, 0.05) is 26.7 Å². The molecular formula is C19H32N2O3. The smallest absolute Gasteiger partial charge is 0.225 e. The van der Waals surface area contributed by atoms with Gasteiger partial charge in [0.05, 0.1) is 19.6 Å². The Hall–Kier alpha value is -1.59. The fourth-order valence-electron chi connectivity index (χ4n) is 2.51. The minimum Gasteiger partial charge on any atom is -0.497 e. The summed E-state index contributed by atoms with van der Waals surface area (Å²) < 4.78 is 10.4. The van der Waals surface area contributed by atoms with Crippen molar-refractivity contribution >= 4 is 5.91 Å². The van der Waals surface area contributed by atoms with E-state index in [4.69, 9.17) is 15.2 Å². The SMILES string of the molecule is COc1ccc(CCN(CC(C)(C)C)C(=O)CC(CN)OC)cc1. The third kappa shape index (κ3) is 7.32. The first-order valence-corrected chi connectivity index (χ1v) is 8.42. The van der Waals surface area contributed by atoms with Gasteiger partial charge in [-0.2, -0.15) is 0 Å². The molecule has 1 unspecified atom stereocenters. The maximum Gasteiger partial charge on any atom is 0.225 e. The van der Waals surface area contributed by atoms with Crippen molar-refractivity contribution in [3.8, 4) is 5.75 Å². The number of nitrogens with zero attached hydrogens (tertiary/aromatic N) is 1. The molecule has 2 N–H and O–H groups in total. The van der Waals surface area contributed by atoms with Gasteiger partial charge in [0.25, 0.3) is 0 Å². The molecule has 1 rings (SSSR count). The molecule has 0 spiro atoms. The standard InChI is InChI=1S/C19H32N2O3/c1-19(2,3)14-21(18(22)12-17(13-20)24-5)11-10-15-6-8-16(23-4)9-7-15/h6-9,17H,10-14,20H2,1-5H3. The Bertz CT molecular complexity index is 490. The van der Waals surface area contributed by atoms with E-state index in [-0.39, 0.29) is 17.4 Å². The third-order valence-corrected chi connectivity index (χ3v) is 3.85. The number of carbonyl (C=O) groups excluding carboxylic acids is 1. The third-order valence-electron chi connectivity index (χ3n) is 3.85. The molecule has 1 aromatic rings. The second-order valence-electron chi connectivity index (χ2n) is 7.27. The van der Waals surface area contributed by atoms with E-state index >= 15 is 0 Å². The van der Waals surface area contributed by atoms with Gasteiger partial charge in [0.1, 0.15) is 5.75 Å². The van der Waals surface area contributed by atoms with Crippen molar-refractivity contribution in [2.24, 2.45) is 11.1 Å². The fraction of sp³-hybridized carbons (Fsp3) is 0.632. The molecule has 0 aliphatic rings. The molecule has 0 fully saturated rings. The monoisotopic (exact) mass is 336 g/mol. The Kier molecular flexibility index (Phi) is 8.22. The Labute approximate surface area is 146 Å². The van der Waals surface area contributed by atoms with Crippen molar-refractivity contribution in [1.29, 1.82) is 0 Å². The number of rotatable bonds is 9. The zero-order chi connectivity index (χ0) is 18.2. The van der Waals surface area contributed by atoms with Crippen LogP contribution in [-0.4, -0.2) is 50.8 Å². The van der Waals surface area contributed by atoms with Crippen LogP contribution in [0.15, 0.2) is 24.3 Å². The van der Waals surface area contributed by atoms with Crippen LogP contribution in [0.25, 0.3) is 0 Å². The topological polar surface area (TPSA) is 64.8 Å². The van der Waals surface area contributed by atoms with Crippen LogP contribution in [0.1, 0.15) is 32.8 Å². The van der Waals surface area contributed by atoms with E-state index in [2.05, 4.69) is 20.8 Å². The normalized spacial score (nSPS) is 12.8. The molecule has 136 valence electrons. The first-order chi connectivity index (χ1) is 11.3. The molecule has 0 heterocycles. The minimum atomic E-state index is -0.221. The molecule has 0 bridgehead atoms. The lowest BCUT2D eigenvalue weighted by Crippen LogP contribution is -2.41. The summed E-state index contributed by atoms with van der Waals surface area (Å²) in [6.07, 6.45) is 0.915.